The molecule has 0 saturated carbocycles. The van der Waals surface area contributed by atoms with Gasteiger partial charge in [-0.25, -0.2) is 0 Å². The zero-order chi connectivity index (χ0) is 11.3. The Morgan fingerprint density at radius 1 is 0.438 bits per heavy atom. The van der Waals surface area contributed by atoms with E-state index in [2.05, 4.69) is 18.9 Å². The highest BCUT2D eigenvalue weighted by Crippen LogP contribution is 2.00. The van der Waals surface area contributed by atoms with Gasteiger partial charge in [-0.05, 0) is 0 Å². The van der Waals surface area contributed by atoms with Crippen molar-refractivity contribution in [2.75, 3.05) is 49.2 Å². The summed E-state index contributed by atoms with van der Waals surface area (Å²) in [4.78, 5) is 0. The molecular weight excluding hydrogens is 280 g/mol. The first-order chi connectivity index (χ1) is 8.00. The van der Waals surface area contributed by atoms with Crippen LogP contribution in [0.2, 0.25) is 0 Å². The smallest absolute Gasteiger partial charge is 0.0213 e. The van der Waals surface area contributed by atoms with Crippen LogP contribution in [0.5, 0.6) is 0 Å². The third-order valence-electron chi connectivity index (χ3n) is 1.63. The maximum Gasteiger partial charge on any atom is 0.0213 e. The molecule has 0 aliphatic carbocycles. The lowest BCUT2D eigenvalue weighted by atomic mass is 10.8. The van der Waals surface area contributed by atoms with Crippen molar-refractivity contribution in [3.63, 3.8) is 0 Å². The third-order valence-corrected chi connectivity index (χ3v) is 4.90. The van der Waals surface area contributed by atoms with E-state index in [4.69, 9.17) is 0 Å². The molecule has 1 aliphatic heterocycles. The quantitative estimate of drug-likeness (QED) is 0.494. The molecule has 0 bridgehead atoms. The Labute approximate surface area is 116 Å². The van der Waals surface area contributed by atoms with E-state index >= 15 is 0 Å². The Bertz CT molecular complexity index is 88.0. The van der Waals surface area contributed by atoms with E-state index in [9.17, 15) is 0 Å². The molecule has 0 spiro atoms. The third kappa shape index (κ3) is 10.4. The molecule has 0 atom stereocenters. The monoisotopic (exact) mass is 300 g/mol. The van der Waals surface area contributed by atoms with Crippen LogP contribution in [-0.2, 0) is 0 Å². The SMILES string of the molecule is C1CSNCCSNCCSNCCSN1. The summed E-state index contributed by atoms with van der Waals surface area (Å²) in [6.45, 7) is 4.23. The molecule has 1 aliphatic rings. The lowest BCUT2D eigenvalue weighted by Gasteiger charge is -2.08. The summed E-state index contributed by atoms with van der Waals surface area (Å²) >= 11 is 7.21. The van der Waals surface area contributed by atoms with Crippen molar-refractivity contribution in [2.24, 2.45) is 0 Å². The minimum absolute atomic E-state index is 1.06. The summed E-state index contributed by atoms with van der Waals surface area (Å²) in [5.41, 5.74) is 0. The van der Waals surface area contributed by atoms with Crippen LogP contribution in [0.4, 0.5) is 0 Å². The molecular formula is C8H20N4S4. The lowest BCUT2D eigenvalue weighted by molar-refractivity contribution is 0.979. The molecule has 16 heavy (non-hydrogen) atoms. The molecule has 0 amide bonds. The minimum Gasteiger partial charge on any atom is -0.263 e. The predicted octanol–water partition coefficient (Wildman–Crippen LogP) is 0.951. The van der Waals surface area contributed by atoms with Crippen LogP contribution < -0.4 is 18.9 Å². The van der Waals surface area contributed by atoms with Crippen molar-refractivity contribution >= 4 is 47.8 Å². The molecule has 0 unspecified atom stereocenters. The molecule has 1 fully saturated rings. The van der Waals surface area contributed by atoms with Crippen molar-refractivity contribution in [3.05, 3.63) is 0 Å². The number of hydrogen-bond donors (Lipinski definition) is 4. The van der Waals surface area contributed by atoms with Gasteiger partial charge in [0.15, 0.2) is 0 Å². The summed E-state index contributed by atoms with van der Waals surface area (Å²) in [7, 11) is 0. The Kier molecular flexibility index (Phi) is 12.1. The molecule has 8 heteroatoms. The van der Waals surface area contributed by atoms with Crippen molar-refractivity contribution in [2.45, 2.75) is 0 Å². The molecule has 1 heterocycles. The van der Waals surface area contributed by atoms with Crippen LogP contribution in [0, 0.1) is 0 Å². The zero-order valence-electron chi connectivity index (χ0n) is 9.29. The van der Waals surface area contributed by atoms with Crippen molar-refractivity contribution in [1.29, 1.82) is 0 Å². The first-order valence-corrected chi connectivity index (χ1v) is 9.33. The van der Waals surface area contributed by atoms with E-state index in [1.165, 1.54) is 0 Å². The number of nitrogens with one attached hydrogen (secondary N) is 4. The van der Waals surface area contributed by atoms with Gasteiger partial charge in [0.2, 0.25) is 0 Å². The van der Waals surface area contributed by atoms with Gasteiger partial charge in [0.05, 0.1) is 0 Å². The summed E-state index contributed by atoms with van der Waals surface area (Å²) in [6.07, 6.45) is 0. The second kappa shape index (κ2) is 12.7. The summed E-state index contributed by atoms with van der Waals surface area (Å²) in [5, 5.41) is 0. The molecule has 0 radical (unpaired) electrons. The van der Waals surface area contributed by atoms with E-state index in [-0.39, 0.29) is 0 Å². The van der Waals surface area contributed by atoms with E-state index in [0.717, 1.165) is 49.2 Å². The maximum atomic E-state index is 3.36. The second-order valence-electron chi connectivity index (χ2n) is 2.97. The highest BCUT2D eigenvalue weighted by Gasteiger charge is 1.94. The summed E-state index contributed by atoms with van der Waals surface area (Å²) in [6, 6.07) is 0. The molecule has 96 valence electrons. The van der Waals surface area contributed by atoms with Gasteiger partial charge in [-0.1, -0.05) is 47.8 Å². The molecule has 4 nitrogen and oxygen atoms in total. The van der Waals surface area contributed by atoms with Crippen LogP contribution in [0.15, 0.2) is 0 Å². The summed E-state index contributed by atoms with van der Waals surface area (Å²) < 4.78 is 13.4. The van der Waals surface area contributed by atoms with E-state index in [1.807, 2.05) is 0 Å². The Morgan fingerprint density at radius 3 is 0.938 bits per heavy atom. The van der Waals surface area contributed by atoms with Gasteiger partial charge in [0, 0.05) is 49.2 Å². The average Bonchev–Trinajstić information content (AvgIpc) is 2.29. The highest BCUT2D eigenvalue weighted by molar-refractivity contribution is 7.99. The van der Waals surface area contributed by atoms with Crippen molar-refractivity contribution < 1.29 is 0 Å². The molecule has 4 N–H and O–H groups in total. The van der Waals surface area contributed by atoms with Crippen LogP contribution in [-0.4, -0.2) is 49.2 Å². The van der Waals surface area contributed by atoms with Crippen LogP contribution >= 0.6 is 47.8 Å². The van der Waals surface area contributed by atoms with Crippen LogP contribution in [0.25, 0.3) is 0 Å². The van der Waals surface area contributed by atoms with Gasteiger partial charge < -0.3 is 0 Å². The lowest BCUT2D eigenvalue weighted by Crippen LogP contribution is -2.20. The van der Waals surface area contributed by atoms with Gasteiger partial charge in [0.25, 0.3) is 0 Å². The molecule has 0 aromatic heterocycles. The van der Waals surface area contributed by atoms with Crippen molar-refractivity contribution in [3.8, 4) is 0 Å². The van der Waals surface area contributed by atoms with Gasteiger partial charge in [-0.15, -0.1) is 0 Å². The van der Waals surface area contributed by atoms with Gasteiger partial charge in [0.1, 0.15) is 0 Å². The fourth-order valence-corrected chi connectivity index (χ4v) is 3.84. The first-order valence-electron chi connectivity index (χ1n) is 5.39. The van der Waals surface area contributed by atoms with E-state index < -0.39 is 0 Å². The van der Waals surface area contributed by atoms with Gasteiger partial charge in [-0.3, -0.25) is 18.9 Å². The molecule has 1 saturated heterocycles. The average molecular weight is 301 g/mol. The van der Waals surface area contributed by atoms with Gasteiger partial charge >= 0.3 is 0 Å². The predicted molar refractivity (Wildman–Crippen MR) is 81.8 cm³/mol. The fraction of sp³-hybridized carbons (Fsp3) is 1.00. The Morgan fingerprint density at radius 2 is 0.688 bits per heavy atom. The number of hydrogen-bond acceptors (Lipinski definition) is 8. The van der Waals surface area contributed by atoms with E-state index in [0.29, 0.717) is 0 Å². The molecule has 0 aromatic carbocycles. The minimum atomic E-state index is 1.06. The van der Waals surface area contributed by atoms with E-state index in [1.54, 1.807) is 47.8 Å². The molecule has 0 aromatic rings. The largest absolute Gasteiger partial charge is 0.263 e. The van der Waals surface area contributed by atoms with Crippen LogP contribution in [0.3, 0.4) is 0 Å². The standard InChI is InChI=1S/C8H20N4S4/c1-5-13-10-3-7-15-12-4-8-16-11-2-6-14-9-1/h9-12H,1-8H2. The zero-order valence-corrected chi connectivity index (χ0v) is 12.6. The maximum absolute atomic E-state index is 3.36. The molecule has 1 rings (SSSR count). The Hall–Kier alpha value is 1.24. The first kappa shape index (κ1) is 15.3. The summed E-state index contributed by atoms with van der Waals surface area (Å²) in [5.74, 6) is 4.47. The highest BCUT2D eigenvalue weighted by atomic mass is 32.2. The van der Waals surface area contributed by atoms with Crippen LogP contribution in [0.1, 0.15) is 0 Å². The van der Waals surface area contributed by atoms with Gasteiger partial charge in [-0.2, -0.15) is 0 Å². The topological polar surface area (TPSA) is 48.1 Å². The Balaban J connectivity index is 2.00. The number of rotatable bonds is 0. The normalized spacial score (nSPS) is 24.0. The fourth-order valence-electron chi connectivity index (χ4n) is 0.948. The van der Waals surface area contributed by atoms with Crippen molar-refractivity contribution in [1.82, 2.24) is 18.9 Å². The second-order valence-corrected chi connectivity index (χ2v) is 6.91.